The third-order valence-electron chi connectivity index (χ3n) is 4.30. The smallest absolute Gasteiger partial charge is 0.152 e. The van der Waals surface area contributed by atoms with Gasteiger partial charge >= 0.3 is 0 Å². The van der Waals surface area contributed by atoms with Crippen LogP contribution in [0.3, 0.4) is 0 Å². The fourth-order valence-electron chi connectivity index (χ4n) is 3.02. The van der Waals surface area contributed by atoms with Crippen molar-refractivity contribution in [1.29, 1.82) is 0 Å². The average Bonchev–Trinajstić information content (AvgIpc) is 2.79. The highest BCUT2D eigenvalue weighted by Gasteiger charge is 2.40. The van der Waals surface area contributed by atoms with Gasteiger partial charge in [-0.3, -0.25) is 0 Å². The Kier molecular flexibility index (Phi) is 3.85. The topological polar surface area (TPSA) is 47.3 Å². The molecule has 1 aromatic carbocycles. The summed E-state index contributed by atoms with van der Waals surface area (Å²) in [5, 5.41) is 9.86. The molecular weight excluding hydrogens is 283 g/mol. The summed E-state index contributed by atoms with van der Waals surface area (Å²) in [5.74, 6) is 0.761. The molecule has 1 N–H and O–H groups in total. The number of fused-ring (bicyclic) bond motifs is 1. The van der Waals surface area contributed by atoms with Crippen LogP contribution in [0.15, 0.2) is 18.5 Å². The van der Waals surface area contributed by atoms with Crippen molar-refractivity contribution in [2.75, 3.05) is 6.61 Å². The summed E-state index contributed by atoms with van der Waals surface area (Å²) in [6.45, 7) is 6.64. The molecule has 3 rings (SSSR count). The third-order valence-corrected chi connectivity index (χ3v) is 4.30. The Bertz CT molecular complexity index is 671. The fraction of sp³-hybridized carbons (Fsp3) is 0.588. The van der Waals surface area contributed by atoms with E-state index in [2.05, 4.69) is 18.8 Å². The second kappa shape index (κ2) is 5.54. The molecule has 0 unspecified atom stereocenters. The van der Waals surface area contributed by atoms with Gasteiger partial charge in [0, 0.05) is 18.2 Å². The number of nitrogens with zero attached hydrogens (tertiary/aromatic N) is 2. The lowest BCUT2D eigenvalue weighted by Crippen LogP contribution is -2.41. The molecule has 0 saturated heterocycles. The highest BCUT2D eigenvalue weighted by atomic mass is 19.1. The van der Waals surface area contributed by atoms with Crippen LogP contribution in [-0.4, -0.2) is 26.9 Å². The molecular formula is C17H23FN2O2. The molecule has 22 heavy (non-hydrogen) atoms. The number of benzene rings is 1. The van der Waals surface area contributed by atoms with Gasteiger partial charge in [-0.05, 0) is 32.1 Å². The zero-order chi connectivity index (χ0) is 15.9. The van der Waals surface area contributed by atoms with Crippen LogP contribution in [0.4, 0.5) is 4.39 Å². The van der Waals surface area contributed by atoms with Crippen molar-refractivity contribution < 1.29 is 14.2 Å². The van der Waals surface area contributed by atoms with Crippen molar-refractivity contribution in [2.24, 2.45) is 5.92 Å². The van der Waals surface area contributed by atoms with E-state index >= 15 is 0 Å². The van der Waals surface area contributed by atoms with Gasteiger partial charge in [-0.2, -0.15) is 0 Å². The number of imidazole rings is 1. The van der Waals surface area contributed by atoms with Crippen LogP contribution in [0.1, 0.15) is 46.1 Å². The second-order valence-corrected chi connectivity index (χ2v) is 7.01. The van der Waals surface area contributed by atoms with Crippen molar-refractivity contribution >= 4 is 11.0 Å². The van der Waals surface area contributed by atoms with E-state index < -0.39 is 5.60 Å². The van der Waals surface area contributed by atoms with E-state index in [-0.39, 0.29) is 11.9 Å². The highest BCUT2D eigenvalue weighted by Crippen LogP contribution is 2.42. The maximum Gasteiger partial charge on any atom is 0.152 e. The molecule has 120 valence electrons. The summed E-state index contributed by atoms with van der Waals surface area (Å²) >= 11 is 0. The summed E-state index contributed by atoms with van der Waals surface area (Å²) in [7, 11) is 0. The van der Waals surface area contributed by atoms with E-state index in [4.69, 9.17) is 4.74 Å². The van der Waals surface area contributed by atoms with Gasteiger partial charge in [0.05, 0.1) is 24.1 Å². The predicted molar refractivity (Wildman–Crippen MR) is 83.5 cm³/mol. The van der Waals surface area contributed by atoms with Crippen LogP contribution < -0.4 is 4.74 Å². The van der Waals surface area contributed by atoms with Crippen LogP contribution in [0.2, 0.25) is 0 Å². The molecule has 4 nitrogen and oxygen atoms in total. The third kappa shape index (κ3) is 2.95. The quantitative estimate of drug-likeness (QED) is 0.916. The molecule has 2 aromatic rings. The maximum absolute atomic E-state index is 14.4. The number of aromatic nitrogens is 2. The van der Waals surface area contributed by atoms with Gasteiger partial charge in [-0.25, -0.2) is 9.37 Å². The molecule has 0 amide bonds. The Labute approximate surface area is 129 Å². The lowest BCUT2D eigenvalue weighted by atomic mass is 9.77. The molecule has 0 bridgehead atoms. The van der Waals surface area contributed by atoms with Crippen molar-refractivity contribution in [2.45, 2.75) is 51.7 Å². The standard InChI is InChI=1S/C17H23FN2O2/c1-11(2)4-5-22-13-6-14(18)16-15(7-13)19-10-20(16)12-8-17(3,21)9-12/h6-7,10-12,21H,4-5,8-9H2,1-3H3. The number of hydrogen-bond donors (Lipinski definition) is 1. The van der Waals surface area contributed by atoms with E-state index in [1.807, 2.05) is 4.57 Å². The van der Waals surface area contributed by atoms with Crippen LogP contribution in [0, 0.1) is 11.7 Å². The minimum Gasteiger partial charge on any atom is -0.493 e. The van der Waals surface area contributed by atoms with Crippen molar-refractivity contribution in [3.63, 3.8) is 0 Å². The first-order chi connectivity index (χ1) is 10.4. The van der Waals surface area contributed by atoms with Crippen LogP contribution >= 0.6 is 0 Å². The molecule has 0 radical (unpaired) electrons. The number of hydrogen-bond acceptors (Lipinski definition) is 3. The zero-order valence-electron chi connectivity index (χ0n) is 13.3. The van der Waals surface area contributed by atoms with Crippen LogP contribution in [0.5, 0.6) is 5.75 Å². The predicted octanol–water partition coefficient (Wildman–Crippen LogP) is 3.69. The minimum absolute atomic E-state index is 0.113. The van der Waals surface area contributed by atoms with Gasteiger partial charge in [-0.1, -0.05) is 13.8 Å². The minimum atomic E-state index is -0.641. The zero-order valence-corrected chi connectivity index (χ0v) is 13.3. The van der Waals surface area contributed by atoms with Gasteiger partial charge in [0.15, 0.2) is 5.82 Å². The fourth-order valence-corrected chi connectivity index (χ4v) is 3.02. The molecule has 1 aliphatic carbocycles. The molecule has 0 aliphatic heterocycles. The molecule has 1 saturated carbocycles. The van der Waals surface area contributed by atoms with Crippen LogP contribution in [0.25, 0.3) is 11.0 Å². The van der Waals surface area contributed by atoms with Crippen molar-refractivity contribution in [1.82, 2.24) is 9.55 Å². The SMILES string of the molecule is CC(C)CCOc1cc(F)c2c(c1)ncn2C1CC(C)(O)C1. The van der Waals surface area contributed by atoms with Gasteiger partial charge in [0.2, 0.25) is 0 Å². The molecule has 1 aromatic heterocycles. The van der Waals surface area contributed by atoms with E-state index in [0.29, 0.717) is 42.1 Å². The van der Waals surface area contributed by atoms with Gasteiger partial charge in [-0.15, -0.1) is 0 Å². The van der Waals surface area contributed by atoms with Gasteiger partial charge in [0.1, 0.15) is 11.3 Å². The maximum atomic E-state index is 14.4. The van der Waals surface area contributed by atoms with Gasteiger partial charge in [0.25, 0.3) is 0 Å². The summed E-state index contributed by atoms with van der Waals surface area (Å²) < 4.78 is 21.9. The van der Waals surface area contributed by atoms with Crippen LogP contribution in [-0.2, 0) is 0 Å². The Hall–Kier alpha value is -1.62. The number of ether oxygens (including phenoxy) is 1. The Morgan fingerprint density at radius 2 is 2.18 bits per heavy atom. The summed E-state index contributed by atoms with van der Waals surface area (Å²) in [6, 6.07) is 3.33. The Morgan fingerprint density at radius 1 is 1.45 bits per heavy atom. The van der Waals surface area contributed by atoms with Crippen molar-refractivity contribution in [3.05, 3.63) is 24.3 Å². The molecule has 0 spiro atoms. The summed E-state index contributed by atoms with van der Waals surface area (Å²) in [4.78, 5) is 4.30. The largest absolute Gasteiger partial charge is 0.493 e. The monoisotopic (exact) mass is 306 g/mol. The Balaban J connectivity index is 1.81. The van der Waals surface area contributed by atoms with E-state index in [1.54, 1.807) is 19.3 Å². The number of rotatable bonds is 5. The number of halogens is 1. The highest BCUT2D eigenvalue weighted by molar-refractivity contribution is 5.78. The van der Waals surface area contributed by atoms with Gasteiger partial charge < -0.3 is 14.4 Å². The first-order valence-electron chi connectivity index (χ1n) is 7.87. The summed E-state index contributed by atoms with van der Waals surface area (Å²) in [5.41, 5.74) is 0.459. The molecule has 1 fully saturated rings. The Morgan fingerprint density at radius 3 is 2.82 bits per heavy atom. The molecule has 0 atom stereocenters. The van der Waals surface area contributed by atoms with E-state index in [1.165, 1.54) is 6.07 Å². The first kappa shape index (κ1) is 15.3. The second-order valence-electron chi connectivity index (χ2n) is 7.01. The van der Waals surface area contributed by atoms with E-state index in [0.717, 1.165) is 6.42 Å². The van der Waals surface area contributed by atoms with Crippen molar-refractivity contribution in [3.8, 4) is 5.75 Å². The number of aliphatic hydroxyl groups is 1. The lowest BCUT2D eigenvalue weighted by molar-refractivity contribution is -0.0499. The normalized spacial score (nSPS) is 24.7. The van der Waals surface area contributed by atoms with E-state index in [9.17, 15) is 9.50 Å². The first-order valence-corrected chi connectivity index (χ1v) is 7.87. The lowest BCUT2D eigenvalue weighted by Gasteiger charge is -2.41. The molecule has 1 aliphatic rings. The summed E-state index contributed by atoms with van der Waals surface area (Å²) in [6.07, 6.45) is 3.85. The molecule has 5 heteroatoms. The molecule has 1 heterocycles. The average molecular weight is 306 g/mol.